The van der Waals surface area contributed by atoms with Crippen LogP contribution in [-0.4, -0.2) is 0 Å². The summed E-state index contributed by atoms with van der Waals surface area (Å²) in [7, 11) is 0. The van der Waals surface area contributed by atoms with E-state index in [1.807, 2.05) is 0 Å². The van der Waals surface area contributed by atoms with Gasteiger partial charge < -0.3 is 14.5 Å². The Bertz CT molecular complexity index is 3190. The van der Waals surface area contributed by atoms with Crippen LogP contribution in [0.5, 0.6) is 11.5 Å². The molecule has 0 bridgehead atoms. The molecule has 0 amide bonds. The molecule has 0 atom stereocenters. The molecule has 2 heterocycles. The number of fused-ring (bicyclic) bond motifs is 16. The summed E-state index contributed by atoms with van der Waals surface area (Å²) in [6.45, 7) is 4.70. The van der Waals surface area contributed by atoms with E-state index in [0.717, 1.165) is 45.6 Å². The van der Waals surface area contributed by atoms with Gasteiger partial charge in [0.2, 0.25) is 0 Å². The van der Waals surface area contributed by atoms with Crippen molar-refractivity contribution in [2.45, 2.75) is 24.7 Å². The molecule has 0 N–H and O–H groups in total. The number of para-hydroxylation sites is 2. The van der Waals surface area contributed by atoms with E-state index in [0.29, 0.717) is 0 Å². The Hall–Kier alpha value is -7.36. The lowest BCUT2D eigenvalue weighted by atomic mass is 9.70. The average Bonchev–Trinajstić information content (AvgIpc) is 3.75. The largest absolute Gasteiger partial charge is 0.453 e. The zero-order valence-corrected chi connectivity index (χ0v) is 32.8. The summed E-state index contributed by atoms with van der Waals surface area (Å²) in [5.41, 5.74) is 19.1. The quantitative estimate of drug-likeness (QED) is 0.179. The average molecular weight is 755 g/mol. The van der Waals surface area contributed by atoms with Crippen LogP contribution in [0.1, 0.15) is 47.2 Å². The maximum atomic E-state index is 6.77. The van der Waals surface area contributed by atoms with Gasteiger partial charge in [-0.15, -0.1) is 0 Å². The minimum atomic E-state index is -0.434. The Morgan fingerprint density at radius 3 is 1.71 bits per heavy atom. The van der Waals surface area contributed by atoms with E-state index in [-0.39, 0.29) is 5.41 Å². The van der Waals surface area contributed by atoms with E-state index in [1.165, 1.54) is 66.4 Å². The van der Waals surface area contributed by atoms with Gasteiger partial charge in [-0.3, -0.25) is 0 Å². The van der Waals surface area contributed by atoms with Gasteiger partial charge in [0, 0.05) is 27.9 Å². The maximum absolute atomic E-state index is 6.77. The molecular weight excluding hydrogens is 717 g/mol. The molecule has 0 radical (unpaired) electrons. The molecule has 2 aliphatic carbocycles. The summed E-state index contributed by atoms with van der Waals surface area (Å²) in [4.78, 5) is 4.93. The lowest BCUT2D eigenvalue weighted by molar-refractivity contribution is 0.472. The predicted molar refractivity (Wildman–Crippen MR) is 242 cm³/mol. The molecule has 2 aliphatic heterocycles. The second kappa shape index (κ2) is 11.6. The van der Waals surface area contributed by atoms with Crippen LogP contribution in [0.15, 0.2) is 194 Å². The monoisotopic (exact) mass is 754 g/mol. The molecular formula is C56H38N2O. The van der Waals surface area contributed by atoms with Crippen molar-refractivity contribution in [1.29, 1.82) is 0 Å². The summed E-state index contributed by atoms with van der Waals surface area (Å²) in [5.74, 6) is 1.75. The molecule has 3 nitrogen and oxygen atoms in total. The van der Waals surface area contributed by atoms with Crippen molar-refractivity contribution in [3.8, 4) is 33.8 Å². The smallest absolute Gasteiger partial charge is 0.152 e. The highest BCUT2D eigenvalue weighted by atomic mass is 16.5. The van der Waals surface area contributed by atoms with Gasteiger partial charge in [0.05, 0.1) is 22.5 Å². The SMILES string of the molecule is CC1(C)c2ccc(N(c3ccccc3)c3ccc4c(c3)C3(c5ccccc5-c5ccccc53)c3ccccc3-4)cc2N2c3c(cccc31)Oc1ccc3ccccc3c12. The van der Waals surface area contributed by atoms with Crippen LogP contribution in [0, 0.1) is 0 Å². The van der Waals surface area contributed by atoms with Gasteiger partial charge in [-0.25, -0.2) is 0 Å². The topological polar surface area (TPSA) is 15.7 Å². The van der Waals surface area contributed by atoms with E-state index in [2.05, 4.69) is 218 Å². The van der Waals surface area contributed by atoms with E-state index in [4.69, 9.17) is 4.74 Å². The molecule has 0 unspecified atom stereocenters. The molecule has 0 fully saturated rings. The summed E-state index contributed by atoms with van der Waals surface area (Å²) in [6, 6.07) is 71.7. The van der Waals surface area contributed by atoms with Crippen LogP contribution in [0.2, 0.25) is 0 Å². The first-order valence-corrected chi connectivity index (χ1v) is 20.6. The van der Waals surface area contributed by atoms with Crippen LogP contribution in [-0.2, 0) is 10.8 Å². The zero-order valence-electron chi connectivity index (χ0n) is 32.8. The van der Waals surface area contributed by atoms with Gasteiger partial charge in [0.1, 0.15) is 0 Å². The van der Waals surface area contributed by atoms with Gasteiger partial charge in [-0.2, -0.15) is 0 Å². The molecule has 59 heavy (non-hydrogen) atoms. The van der Waals surface area contributed by atoms with E-state index < -0.39 is 5.41 Å². The Morgan fingerprint density at radius 1 is 0.407 bits per heavy atom. The lowest BCUT2D eigenvalue weighted by Crippen LogP contribution is -2.32. The summed E-state index contributed by atoms with van der Waals surface area (Å²) >= 11 is 0. The fourth-order valence-electron chi connectivity index (χ4n) is 11.1. The minimum Gasteiger partial charge on any atom is -0.453 e. The lowest BCUT2D eigenvalue weighted by Gasteiger charge is -2.45. The van der Waals surface area contributed by atoms with Gasteiger partial charge in [-0.05, 0) is 110 Å². The standard InChI is InChI=1S/C56H38N2O/c1-55(2)47-31-29-38(34-50(47)58-53-39-18-7-6-15-35(39)27-32-52(53)59-51-26-14-25-48(55)54(51)58)57(36-16-4-3-5-17-36)37-28-30-43-42-21-10-13-24-46(42)56(49(43)33-37)44-22-11-8-19-40(44)41-20-9-12-23-45(41)56/h3-34H,1-2H3. The fraction of sp³-hybridized carbons (Fsp3) is 0.0714. The molecule has 0 saturated heterocycles. The second-order valence-corrected chi connectivity index (χ2v) is 16.8. The normalized spacial score (nSPS) is 15.0. The molecule has 4 aliphatic rings. The highest BCUT2D eigenvalue weighted by Gasteiger charge is 2.52. The first-order chi connectivity index (χ1) is 29.0. The van der Waals surface area contributed by atoms with Crippen molar-refractivity contribution >= 4 is 44.9 Å². The second-order valence-electron chi connectivity index (χ2n) is 16.8. The molecule has 0 aromatic heterocycles. The first kappa shape index (κ1) is 32.7. The number of benzene rings is 9. The van der Waals surface area contributed by atoms with Crippen LogP contribution >= 0.6 is 0 Å². The Labute approximate surface area is 344 Å². The van der Waals surface area contributed by atoms with Crippen LogP contribution < -0.4 is 14.5 Å². The van der Waals surface area contributed by atoms with Gasteiger partial charge >= 0.3 is 0 Å². The minimum absolute atomic E-state index is 0.270. The maximum Gasteiger partial charge on any atom is 0.152 e. The molecule has 9 aromatic carbocycles. The van der Waals surface area contributed by atoms with E-state index >= 15 is 0 Å². The third-order valence-electron chi connectivity index (χ3n) is 13.6. The highest BCUT2D eigenvalue weighted by molar-refractivity contribution is 6.06. The number of hydrogen-bond acceptors (Lipinski definition) is 3. The third kappa shape index (κ3) is 4.16. The number of rotatable bonds is 3. The van der Waals surface area contributed by atoms with Crippen molar-refractivity contribution in [1.82, 2.24) is 0 Å². The van der Waals surface area contributed by atoms with Crippen LogP contribution in [0.25, 0.3) is 33.0 Å². The van der Waals surface area contributed by atoms with E-state index in [1.54, 1.807) is 0 Å². The molecule has 278 valence electrons. The summed E-state index contributed by atoms with van der Waals surface area (Å²) in [5, 5.41) is 2.36. The zero-order chi connectivity index (χ0) is 39.0. The van der Waals surface area contributed by atoms with Gasteiger partial charge in [-0.1, -0.05) is 159 Å². The van der Waals surface area contributed by atoms with Gasteiger partial charge in [0.25, 0.3) is 0 Å². The summed E-state index contributed by atoms with van der Waals surface area (Å²) in [6.07, 6.45) is 0. The molecule has 3 heteroatoms. The number of hydrogen-bond donors (Lipinski definition) is 0. The van der Waals surface area contributed by atoms with Crippen molar-refractivity contribution in [2.24, 2.45) is 0 Å². The van der Waals surface area contributed by atoms with Crippen molar-refractivity contribution in [3.05, 3.63) is 228 Å². The highest BCUT2D eigenvalue weighted by Crippen LogP contribution is 2.64. The van der Waals surface area contributed by atoms with Crippen molar-refractivity contribution in [3.63, 3.8) is 0 Å². The van der Waals surface area contributed by atoms with Crippen molar-refractivity contribution in [2.75, 3.05) is 9.80 Å². The Balaban J connectivity index is 1.07. The number of nitrogens with zero attached hydrogens (tertiary/aromatic N) is 2. The first-order valence-electron chi connectivity index (χ1n) is 20.6. The predicted octanol–water partition coefficient (Wildman–Crippen LogP) is 14.9. The third-order valence-corrected chi connectivity index (χ3v) is 13.6. The molecule has 13 rings (SSSR count). The molecule has 1 spiro atoms. The number of anilines is 6. The summed E-state index contributed by atoms with van der Waals surface area (Å²) < 4.78 is 6.77. The van der Waals surface area contributed by atoms with Crippen LogP contribution in [0.3, 0.4) is 0 Å². The Morgan fingerprint density at radius 2 is 0.983 bits per heavy atom. The fourth-order valence-corrected chi connectivity index (χ4v) is 11.1. The van der Waals surface area contributed by atoms with E-state index in [9.17, 15) is 0 Å². The molecule has 9 aromatic rings. The Kier molecular flexibility index (Phi) is 6.44. The van der Waals surface area contributed by atoms with Crippen LogP contribution in [0.4, 0.5) is 34.1 Å². The molecule has 0 saturated carbocycles. The van der Waals surface area contributed by atoms with Gasteiger partial charge in [0.15, 0.2) is 11.5 Å². The number of ether oxygens (including phenoxy) is 1. The van der Waals surface area contributed by atoms with Crippen molar-refractivity contribution < 1.29 is 4.74 Å².